The summed E-state index contributed by atoms with van der Waals surface area (Å²) in [6, 6.07) is 12.6. The van der Waals surface area contributed by atoms with E-state index in [4.69, 9.17) is 0 Å². The molecule has 2 N–H and O–H groups in total. The summed E-state index contributed by atoms with van der Waals surface area (Å²) >= 11 is 0. The summed E-state index contributed by atoms with van der Waals surface area (Å²) in [6.07, 6.45) is 6.43. The summed E-state index contributed by atoms with van der Waals surface area (Å²) in [5.41, 5.74) is 0.847. The van der Waals surface area contributed by atoms with Gasteiger partial charge in [0.05, 0.1) is 16.1 Å². The average molecular weight is 456 g/mol. The lowest BCUT2D eigenvalue weighted by Gasteiger charge is -2.30. The SMILES string of the molecule is C=CCNC(=O)c1ccccc1NC(=O)c1cccc(S(=O)(=O)N(C)C2CCCCC2)c1. The minimum Gasteiger partial charge on any atom is -0.349 e. The maximum absolute atomic E-state index is 13.1. The van der Waals surface area contributed by atoms with Crippen molar-refractivity contribution in [3.05, 3.63) is 72.3 Å². The van der Waals surface area contributed by atoms with Crippen molar-refractivity contribution in [1.29, 1.82) is 0 Å². The van der Waals surface area contributed by atoms with Crippen LogP contribution < -0.4 is 10.6 Å². The van der Waals surface area contributed by atoms with Crippen molar-refractivity contribution < 1.29 is 18.0 Å². The first kappa shape index (κ1) is 23.7. The topological polar surface area (TPSA) is 95.6 Å². The molecule has 0 aliphatic heterocycles. The van der Waals surface area contributed by atoms with Crippen LogP contribution in [0.25, 0.3) is 0 Å². The van der Waals surface area contributed by atoms with Gasteiger partial charge in [-0.25, -0.2) is 8.42 Å². The highest BCUT2D eigenvalue weighted by atomic mass is 32.2. The third-order valence-electron chi connectivity index (χ3n) is 5.69. The molecule has 8 heteroatoms. The molecule has 7 nitrogen and oxygen atoms in total. The smallest absolute Gasteiger partial charge is 0.255 e. The standard InChI is InChI=1S/C24H29N3O4S/c1-3-16-25-24(29)21-14-7-8-15-22(21)26-23(28)18-10-9-13-20(17-18)32(30,31)27(2)19-11-5-4-6-12-19/h3,7-10,13-15,17,19H,1,4-6,11-12,16H2,2H3,(H,25,29)(H,26,28). The van der Waals surface area contributed by atoms with Gasteiger partial charge in [0.15, 0.2) is 0 Å². The Balaban J connectivity index is 1.80. The first-order valence-electron chi connectivity index (χ1n) is 10.7. The molecule has 1 aliphatic rings. The number of amides is 2. The monoisotopic (exact) mass is 455 g/mol. The maximum atomic E-state index is 13.1. The fourth-order valence-corrected chi connectivity index (χ4v) is 5.31. The number of hydrogen-bond acceptors (Lipinski definition) is 4. The zero-order valence-corrected chi connectivity index (χ0v) is 19.0. The normalized spacial score (nSPS) is 14.7. The van der Waals surface area contributed by atoms with Gasteiger partial charge in [0.2, 0.25) is 10.0 Å². The van der Waals surface area contributed by atoms with Crippen molar-refractivity contribution in [2.45, 2.75) is 43.0 Å². The lowest BCUT2D eigenvalue weighted by molar-refractivity contribution is 0.0959. The summed E-state index contributed by atoms with van der Waals surface area (Å²) in [5.74, 6) is -0.836. The van der Waals surface area contributed by atoms with Crippen molar-refractivity contribution in [3.8, 4) is 0 Å². The summed E-state index contributed by atoms with van der Waals surface area (Å²) < 4.78 is 27.7. The molecule has 0 spiro atoms. The maximum Gasteiger partial charge on any atom is 0.255 e. The second kappa shape index (κ2) is 10.6. The molecule has 1 saturated carbocycles. The molecular formula is C24H29N3O4S. The Bertz CT molecular complexity index is 1090. The zero-order chi connectivity index (χ0) is 23.1. The molecular weight excluding hydrogens is 426 g/mol. The molecule has 0 bridgehead atoms. The molecule has 32 heavy (non-hydrogen) atoms. The second-order valence-electron chi connectivity index (χ2n) is 7.84. The van der Waals surface area contributed by atoms with E-state index < -0.39 is 15.9 Å². The van der Waals surface area contributed by atoms with Crippen LogP contribution in [0, 0.1) is 0 Å². The number of sulfonamides is 1. The van der Waals surface area contributed by atoms with Crippen LogP contribution in [0.2, 0.25) is 0 Å². The molecule has 170 valence electrons. The van der Waals surface area contributed by atoms with E-state index in [9.17, 15) is 18.0 Å². The summed E-state index contributed by atoms with van der Waals surface area (Å²) in [5, 5.41) is 5.40. The van der Waals surface area contributed by atoms with Crippen LogP contribution in [0.1, 0.15) is 52.8 Å². The van der Waals surface area contributed by atoms with Gasteiger partial charge in [-0.3, -0.25) is 9.59 Å². The molecule has 0 saturated heterocycles. The van der Waals surface area contributed by atoms with Gasteiger partial charge in [0.25, 0.3) is 11.8 Å². The van der Waals surface area contributed by atoms with E-state index in [0.29, 0.717) is 17.8 Å². The van der Waals surface area contributed by atoms with E-state index in [0.717, 1.165) is 32.1 Å². The minimum absolute atomic E-state index is 0.0211. The van der Waals surface area contributed by atoms with E-state index in [1.807, 2.05) is 0 Å². The highest BCUT2D eigenvalue weighted by Crippen LogP contribution is 2.27. The van der Waals surface area contributed by atoms with Gasteiger partial charge in [0, 0.05) is 25.2 Å². The Labute approximate surface area is 189 Å². The van der Waals surface area contributed by atoms with Crippen LogP contribution in [0.4, 0.5) is 5.69 Å². The van der Waals surface area contributed by atoms with Gasteiger partial charge in [0.1, 0.15) is 0 Å². The van der Waals surface area contributed by atoms with E-state index in [1.165, 1.54) is 16.4 Å². The largest absolute Gasteiger partial charge is 0.349 e. The molecule has 1 fully saturated rings. The first-order chi connectivity index (χ1) is 15.3. The summed E-state index contributed by atoms with van der Waals surface area (Å²) in [6.45, 7) is 3.87. The number of carbonyl (C=O) groups is 2. The number of hydrogen-bond donors (Lipinski definition) is 2. The van der Waals surface area contributed by atoms with Gasteiger partial charge in [-0.2, -0.15) is 4.31 Å². The van der Waals surface area contributed by atoms with Crippen LogP contribution in [-0.2, 0) is 10.0 Å². The molecule has 2 aromatic rings. The third kappa shape index (κ3) is 5.44. The summed E-state index contributed by atoms with van der Waals surface area (Å²) in [4.78, 5) is 25.3. The number of benzene rings is 2. The average Bonchev–Trinajstić information content (AvgIpc) is 2.83. The van der Waals surface area contributed by atoms with E-state index in [2.05, 4.69) is 17.2 Å². The van der Waals surface area contributed by atoms with Crippen LogP contribution in [-0.4, -0.2) is 44.2 Å². The van der Waals surface area contributed by atoms with E-state index in [1.54, 1.807) is 49.5 Å². The Morgan fingerprint density at radius 3 is 2.50 bits per heavy atom. The van der Waals surface area contributed by atoms with Gasteiger partial charge in [-0.05, 0) is 43.2 Å². The van der Waals surface area contributed by atoms with E-state index >= 15 is 0 Å². The zero-order valence-electron chi connectivity index (χ0n) is 18.2. The van der Waals surface area contributed by atoms with Gasteiger partial charge in [-0.15, -0.1) is 6.58 Å². The molecule has 2 amide bonds. The third-order valence-corrected chi connectivity index (χ3v) is 7.60. The molecule has 3 rings (SSSR count). The van der Waals surface area contributed by atoms with Crippen LogP contribution in [0.3, 0.4) is 0 Å². The summed E-state index contributed by atoms with van der Waals surface area (Å²) in [7, 11) is -2.11. The van der Waals surface area contributed by atoms with Gasteiger partial charge in [-0.1, -0.05) is 43.5 Å². The minimum atomic E-state index is -3.72. The molecule has 0 heterocycles. The fourth-order valence-electron chi connectivity index (χ4n) is 3.85. The predicted octanol–water partition coefficient (Wildman–Crippen LogP) is 3.81. The number of nitrogens with zero attached hydrogens (tertiary/aromatic N) is 1. The lowest BCUT2D eigenvalue weighted by atomic mass is 9.96. The Morgan fingerprint density at radius 2 is 1.78 bits per heavy atom. The van der Waals surface area contributed by atoms with Crippen molar-refractivity contribution in [3.63, 3.8) is 0 Å². The molecule has 0 radical (unpaired) electrons. The van der Waals surface area contributed by atoms with E-state index in [-0.39, 0.29) is 22.4 Å². The van der Waals surface area contributed by atoms with Crippen LogP contribution >= 0.6 is 0 Å². The molecule has 0 unspecified atom stereocenters. The quantitative estimate of drug-likeness (QED) is 0.592. The highest BCUT2D eigenvalue weighted by molar-refractivity contribution is 7.89. The van der Waals surface area contributed by atoms with Crippen molar-refractivity contribution >= 4 is 27.5 Å². The number of anilines is 1. The number of carbonyl (C=O) groups excluding carboxylic acids is 2. The van der Waals surface area contributed by atoms with Gasteiger partial charge >= 0.3 is 0 Å². The molecule has 1 aliphatic carbocycles. The Kier molecular flexibility index (Phi) is 7.82. The molecule has 0 aromatic heterocycles. The number of rotatable bonds is 8. The molecule has 2 aromatic carbocycles. The first-order valence-corrected chi connectivity index (χ1v) is 12.2. The number of para-hydroxylation sites is 1. The number of nitrogens with one attached hydrogen (secondary N) is 2. The Hall–Kier alpha value is -2.97. The van der Waals surface area contributed by atoms with Crippen molar-refractivity contribution in [2.75, 3.05) is 18.9 Å². The van der Waals surface area contributed by atoms with Crippen molar-refractivity contribution in [2.24, 2.45) is 0 Å². The lowest BCUT2D eigenvalue weighted by Crippen LogP contribution is -2.38. The molecule has 0 atom stereocenters. The van der Waals surface area contributed by atoms with Crippen LogP contribution in [0.15, 0.2) is 66.1 Å². The fraction of sp³-hybridized carbons (Fsp3) is 0.333. The Morgan fingerprint density at radius 1 is 1.06 bits per heavy atom. The van der Waals surface area contributed by atoms with Crippen molar-refractivity contribution in [1.82, 2.24) is 9.62 Å². The van der Waals surface area contributed by atoms with Crippen LogP contribution in [0.5, 0.6) is 0 Å². The highest BCUT2D eigenvalue weighted by Gasteiger charge is 2.29. The second-order valence-corrected chi connectivity index (χ2v) is 9.84. The van der Waals surface area contributed by atoms with Gasteiger partial charge < -0.3 is 10.6 Å². The predicted molar refractivity (Wildman–Crippen MR) is 125 cm³/mol.